The molecule has 0 N–H and O–H groups in total. The smallest absolute Gasteiger partial charge is 0.339 e. The van der Waals surface area contributed by atoms with E-state index in [0.717, 1.165) is 16.0 Å². The number of hydrogen-bond acceptors (Lipinski definition) is 2. The summed E-state index contributed by atoms with van der Waals surface area (Å²) in [6.07, 6.45) is 0. The molecule has 0 saturated heterocycles. The summed E-state index contributed by atoms with van der Waals surface area (Å²) >= 11 is 0. The molecule has 0 aromatic heterocycles. The Morgan fingerprint density at radius 1 is 0.743 bits per heavy atom. The summed E-state index contributed by atoms with van der Waals surface area (Å²) in [5.74, 6) is 5.91. The van der Waals surface area contributed by atoms with Gasteiger partial charge in [0.25, 0.3) is 0 Å². The number of esters is 1. The van der Waals surface area contributed by atoms with E-state index in [4.69, 9.17) is 4.74 Å². The minimum atomic E-state index is -0.911. The second-order valence-corrected chi connectivity index (χ2v) is 11.0. The molecule has 4 aromatic carbocycles. The molecule has 0 aliphatic rings. The lowest BCUT2D eigenvalue weighted by Gasteiger charge is -2.19. The van der Waals surface area contributed by atoms with Crippen molar-refractivity contribution in [3.63, 3.8) is 0 Å². The van der Waals surface area contributed by atoms with Gasteiger partial charge in [0.2, 0.25) is 0 Å². The summed E-state index contributed by atoms with van der Waals surface area (Å²) in [6, 6.07) is 34.8. The summed E-state index contributed by atoms with van der Waals surface area (Å²) in [5.41, 5.74) is 2.86. The van der Waals surface area contributed by atoms with E-state index >= 15 is 0 Å². The Morgan fingerprint density at radius 3 is 1.83 bits per heavy atom. The van der Waals surface area contributed by atoms with Crippen molar-refractivity contribution in [3.05, 3.63) is 125 Å². The van der Waals surface area contributed by atoms with Gasteiger partial charge in [-0.25, -0.2) is 4.79 Å². The molecule has 0 bridgehead atoms. The minimum absolute atomic E-state index is 0.258. The van der Waals surface area contributed by atoms with Crippen LogP contribution >= 0.6 is 0 Å². The highest BCUT2D eigenvalue weighted by Crippen LogP contribution is 2.31. The van der Waals surface area contributed by atoms with Crippen LogP contribution in [0.5, 0.6) is 0 Å². The van der Waals surface area contributed by atoms with Crippen LogP contribution in [-0.2, 0) is 15.6 Å². The van der Waals surface area contributed by atoms with Crippen LogP contribution in [0.1, 0.15) is 40.9 Å². The highest BCUT2D eigenvalue weighted by molar-refractivity contribution is 7.97. The van der Waals surface area contributed by atoms with Crippen LogP contribution in [0.25, 0.3) is 0 Å². The van der Waals surface area contributed by atoms with Gasteiger partial charge in [-0.05, 0) is 87.9 Å². The van der Waals surface area contributed by atoms with Gasteiger partial charge in [0.05, 0.1) is 16.5 Å². The predicted octanol–water partition coefficient (Wildman–Crippen LogP) is 7.39. The lowest BCUT2D eigenvalue weighted by molar-refractivity contribution is 0.0204. The molecule has 2 nitrogen and oxygen atoms in total. The number of carbonyl (C=O) groups is 1. The Labute approximate surface area is 211 Å². The van der Waals surface area contributed by atoms with Gasteiger partial charge in [-0.1, -0.05) is 65.9 Å². The topological polar surface area (TPSA) is 26.3 Å². The van der Waals surface area contributed by atoms with E-state index in [1.54, 1.807) is 0 Å². The van der Waals surface area contributed by atoms with E-state index in [9.17, 15) is 4.79 Å². The van der Waals surface area contributed by atoms with E-state index < -0.39 is 5.60 Å². The standard InChI is InChI=1S/C32H29O2S/c1-24-15-16-26(25(2)23-24)21-22-32(3,4)34-31(33)27-17-19-30(20-18-27)35(28-11-7-5-8-12-28)29-13-9-6-10-14-29/h5-20,23H,1-4H3/q+1. The molecule has 0 heterocycles. The third-order valence-electron chi connectivity index (χ3n) is 5.51. The van der Waals surface area contributed by atoms with Crippen LogP contribution in [0.4, 0.5) is 0 Å². The Morgan fingerprint density at radius 2 is 1.29 bits per heavy atom. The molecule has 4 rings (SSSR count). The number of ether oxygens (including phenoxy) is 1. The monoisotopic (exact) mass is 477 g/mol. The summed E-state index contributed by atoms with van der Waals surface area (Å²) in [4.78, 5) is 16.5. The first kappa shape index (κ1) is 24.4. The molecule has 0 aliphatic heterocycles. The van der Waals surface area contributed by atoms with Crippen LogP contribution in [-0.4, -0.2) is 11.6 Å². The van der Waals surface area contributed by atoms with Crippen molar-refractivity contribution < 1.29 is 9.53 Å². The number of hydrogen-bond donors (Lipinski definition) is 0. The zero-order valence-electron chi connectivity index (χ0n) is 20.5. The van der Waals surface area contributed by atoms with Gasteiger partial charge in [0.15, 0.2) is 20.3 Å². The van der Waals surface area contributed by atoms with Gasteiger partial charge in [-0.15, -0.1) is 0 Å². The van der Waals surface area contributed by atoms with Crippen LogP contribution in [0, 0.1) is 25.7 Å². The van der Waals surface area contributed by atoms with Crippen LogP contribution < -0.4 is 0 Å². The van der Waals surface area contributed by atoms with E-state index in [-0.39, 0.29) is 16.9 Å². The molecule has 0 saturated carbocycles. The van der Waals surface area contributed by atoms with Crippen LogP contribution in [0.2, 0.25) is 0 Å². The summed E-state index contributed by atoms with van der Waals surface area (Å²) < 4.78 is 5.77. The Hall–Kier alpha value is -3.74. The average molecular weight is 478 g/mol. The average Bonchev–Trinajstić information content (AvgIpc) is 2.85. The van der Waals surface area contributed by atoms with Crippen molar-refractivity contribution in [2.75, 3.05) is 0 Å². The molecule has 0 spiro atoms. The Kier molecular flexibility index (Phi) is 7.44. The molecule has 0 atom stereocenters. The van der Waals surface area contributed by atoms with E-state index in [1.165, 1.54) is 15.4 Å². The molecule has 0 unspecified atom stereocenters. The third-order valence-corrected chi connectivity index (χ3v) is 7.74. The van der Waals surface area contributed by atoms with E-state index in [0.29, 0.717) is 5.56 Å². The highest BCUT2D eigenvalue weighted by atomic mass is 32.2. The first-order chi connectivity index (χ1) is 16.8. The second-order valence-electron chi connectivity index (χ2n) is 8.92. The number of carbonyl (C=O) groups excluding carboxylic acids is 1. The number of benzene rings is 4. The Bertz CT molecular complexity index is 1320. The largest absolute Gasteiger partial charge is 0.443 e. The lowest BCUT2D eigenvalue weighted by atomic mass is 10.0. The summed E-state index contributed by atoms with van der Waals surface area (Å²) in [7, 11) is -0.258. The van der Waals surface area contributed by atoms with Crippen LogP contribution in [0.3, 0.4) is 0 Å². The van der Waals surface area contributed by atoms with Crippen molar-refractivity contribution in [3.8, 4) is 11.8 Å². The van der Waals surface area contributed by atoms with Gasteiger partial charge in [-0.3, -0.25) is 0 Å². The SMILES string of the molecule is Cc1ccc(C#CC(C)(C)OC(=O)c2ccc([S+](c3ccccc3)c3ccccc3)cc2)c(C)c1. The predicted molar refractivity (Wildman–Crippen MR) is 144 cm³/mol. The maximum atomic E-state index is 12.9. The lowest BCUT2D eigenvalue weighted by Crippen LogP contribution is -2.26. The fourth-order valence-electron chi connectivity index (χ4n) is 3.74. The summed E-state index contributed by atoms with van der Waals surface area (Å²) in [5, 5.41) is 0. The first-order valence-electron chi connectivity index (χ1n) is 11.6. The molecule has 0 fully saturated rings. The van der Waals surface area contributed by atoms with Crippen molar-refractivity contribution in [1.29, 1.82) is 0 Å². The highest BCUT2D eigenvalue weighted by Gasteiger charge is 2.29. The molecule has 3 heteroatoms. The first-order valence-corrected chi connectivity index (χ1v) is 12.8. The molecule has 0 amide bonds. The molecular formula is C32H29O2S+. The Balaban J connectivity index is 1.54. The van der Waals surface area contributed by atoms with Crippen molar-refractivity contribution in [1.82, 2.24) is 0 Å². The van der Waals surface area contributed by atoms with Crippen molar-refractivity contribution >= 4 is 16.9 Å². The third kappa shape index (κ3) is 6.23. The second kappa shape index (κ2) is 10.7. The minimum Gasteiger partial charge on any atom is -0.443 e. The molecule has 174 valence electrons. The number of rotatable bonds is 5. The van der Waals surface area contributed by atoms with Crippen molar-refractivity contribution in [2.45, 2.75) is 48.0 Å². The summed E-state index contributed by atoms with van der Waals surface area (Å²) in [6.45, 7) is 7.73. The van der Waals surface area contributed by atoms with Gasteiger partial charge in [0.1, 0.15) is 0 Å². The molecular weight excluding hydrogens is 448 g/mol. The fourth-order valence-corrected chi connectivity index (χ4v) is 5.82. The van der Waals surface area contributed by atoms with E-state index in [1.807, 2.05) is 69.3 Å². The molecule has 0 aliphatic carbocycles. The van der Waals surface area contributed by atoms with Gasteiger partial charge >= 0.3 is 5.97 Å². The van der Waals surface area contributed by atoms with Gasteiger partial charge < -0.3 is 4.74 Å². The van der Waals surface area contributed by atoms with E-state index in [2.05, 4.69) is 73.4 Å². The van der Waals surface area contributed by atoms with Crippen molar-refractivity contribution in [2.24, 2.45) is 0 Å². The normalized spacial score (nSPS) is 11.0. The molecule has 35 heavy (non-hydrogen) atoms. The zero-order chi connectivity index (χ0) is 24.8. The maximum absolute atomic E-state index is 12.9. The van der Waals surface area contributed by atoms with Crippen LogP contribution in [0.15, 0.2) is 118 Å². The number of aryl methyl sites for hydroxylation is 2. The molecule has 4 aromatic rings. The van der Waals surface area contributed by atoms with Gasteiger partial charge in [-0.2, -0.15) is 0 Å². The maximum Gasteiger partial charge on any atom is 0.339 e. The zero-order valence-corrected chi connectivity index (χ0v) is 21.4. The quantitative estimate of drug-likeness (QED) is 0.170. The fraction of sp³-hybridized carbons (Fsp3) is 0.156. The molecule has 0 radical (unpaired) electrons. The van der Waals surface area contributed by atoms with Gasteiger partial charge in [0, 0.05) is 5.56 Å².